The van der Waals surface area contributed by atoms with Gasteiger partial charge in [0.1, 0.15) is 0 Å². The molecule has 0 amide bonds. The lowest BCUT2D eigenvalue weighted by Crippen LogP contribution is -2.24. The van der Waals surface area contributed by atoms with Crippen LogP contribution in [0.15, 0.2) is 24.3 Å². The van der Waals surface area contributed by atoms with Gasteiger partial charge in [-0.2, -0.15) is 0 Å². The molecule has 1 N–H and O–H groups in total. The molecule has 0 spiro atoms. The van der Waals surface area contributed by atoms with Crippen LogP contribution in [0.1, 0.15) is 24.2 Å². The Morgan fingerprint density at radius 1 is 1.33 bits per heavy atom. The molecular weight excluding hydrogens is 212 g/mol. The highest BCUT2D eigenvalue weighted by Crippen LogP contribution is 2.21. The Morgan fingerprint density at radius 2 is 1.93 bits per heavy atom. The van der Waals surface area contributed by atoms with E-state index >= 15 is 0 Å². The molecule has 4 heteroatoms. The predicted octanol–water partition coefficient (Wildman–Crippen LogP) is 1.46. The maximum absolute atomic E-state index is 11.3. The number of benzene rings is 1. The van der Waals surface area contributed by atoms with Crippen molar-refractivity contribution in [2.75, 3.05) is 6.26 Å². The molecule has 0 saturated heterocycles. The van der Waals surface area contributed by atoms with Gasteiger partial charge < -0.3 is 5.11 Å². The van der Waals surface area contributed by atoms with Crippen molar-refractivity contribution in [3.05, 3.63) is 35.4 Å². The molecule has 0 aliphatic heterocycles. The molecule has 0 aliphatic carbocycles. The molecule has 0 aromatic heterocycles. The third-order valence-corrected chi connectivity index (χ3v) is 4.11. The molecule has 84 valence electrons. The van der Waals surface area contributed by atoms with Gasteiger partial charge in [0.2, 0.25) is 0 Å². The first-order valence-corrected chi connectivity index (χ1v) is 6.71. The average Bonchev–Trinajstić information content (AvgIpc) is 2.14. The summed E-state index contributed by atoms with van der Waals surface area (Å²) in [7, 11) is -3.21. The molecule has 0 saturated carbocycles. The Hall–Kier alpha value is -0.870. The number of hydrogen-bond acceptors (Lipinski definition) is 3. The minimum Gasteiger partial charge on any atom is -0.387 e. The Kier molecular flexibility index (Phi) is 3.52. The molecule has 0 radical (unpaired) electrons. The summed E-state index contributed by atoms with van der Waals surface area (Å²) in [4.78, 5) is 0. The van der Waals surface area contributed by atoms with Crippen LogP contribution >= 0.6 is 0 Å². The molecule has 0 fully saturated rings. The fourth-order valence-corrected chi connectivity index (χ4v) is 1.98. The van der Waals surface area contributed by atoms with Crippen LogP contribution in [0.4, 0.5) is 0 Å². The third-order valence-electron chi connectivity index (χ3n) is 2.50. The normalized spacial score (nSPS) is 16.0. The Balaban J connectivity index is 3.00. The van der Waals surface area contributed by atoms with E-state index in [1.165, 1.54) is 6.92 Å². The largest absolute Gasteiger partial charge is 0.387 e. The van der Waals surface area contributed by atoms with Crippen LogP contribution in [0, 0.1) is 6.92 Å². The molecular formula is C11H16O3S. The zero-order valence-corrected chi connectivity index (χ0v) is 9.95. The summed E-state index contributed by atoms with van der Waals surface area (Å²) in [5.41, 5.74) is 1.65. The molecule has 1 aromatic carbocycles. The van der Waals surface area contributed by atoms with Crippen LogP contribution in [0.3, 0.4) is 0 Å². The summed E-state index contributed by atoms with van der Waals surface area (Å²) in [6.45, 7) is 3.42. The van der Waals surface area contributed by atoms with E-state index < -0.39 is 21.2 Å². The summed E-state index contributed by atoms with van der Waals surface area (Å²) in [5, 5.41) is 9.09. The lowest BCUT2D eigenvalue weighted by Gasteiger charge is -2.17. The second-order valence-electron chi connectivity index (χ2n) is 3.89. The van der Waals surface area contributed by atoms with Crippen molar-refractivity contribution in [2.24, 2.45) is 0 Å². The van der Waals surface area contributed by atoms with E-state index in [9.17, 15) is 13.5 Å². The predicted molar refractivity (Wildman–Crippen MR) is 60.4 cm³/mol. The van der Waals surface area contributed by atoms with Gasteiger partial charge in [-0.05, 0) is 19.4 Å². The van der Waals surface area contributed by atoms with Crippen LogP contribution in [-0.4, -0.2) is 25.0 Å². The second-order valence-corrected chi connectivity index (χ2v) is 6.30. The minimum absolute atomic E-state index is 0.646. The van der Waals surface area contributed by atoms with Crippen LogP contribution in [0.2, 0.25) is 0 Å². The van der Waals surface area contributed by atoms with Gasteiger partial charge >= 0.3 is 0 Å². The van der Waals surface area contributed by atoms with E-state index in [-0.39, 0.29) is 0 Å². The third kappa shape index (κ3) is 3.04. The van der Waals surface area contributed by atoms with Crippen LogP contribution < -0.4 is 0 Å². The van der Waals surface area contributed by atoms with Gasteiger partial charge in [-0.15, -0.1) is 0 Å². The molecule has 1 rings (SSSR count). The van der Waals surface area contributed by atoms with Crippen molar-refractivity contribution in [2.45, 2.75) is 25.2 Å². The number of aryl methyl sites for hydroxylation is 1. The van der Waals surface area contributed by atoms with Crippen molar-refractivity contribution < 1.29 is 13.5 Å². The van der Waals surface area contributed by atoms with Crippen LogP contribution in [0.25, 0.3) is 0 Å². The van der Waals surface area contributed by atoms with E-state index in [2.05, 4.69) is 0 Å². The molecule has 0 aliphatic rings. The standard InChI is InChI=1S/C11H16O3S/c1-8-5-4-6-10(7-8)11(12)9(2)15(3,13)14/h4-7,9,11-12H,1-3H3/t9-,11-/m0/s1. The van der Waals surface area contributed by atoms with Crippen molar-refractivity contribution in [3.63, 3.8) is 0 Å². The maximum Gasteiger partial charge on any atom is 0.152 e. The lowest BCUT2D eigenvalue weighted by atomic mass is 10.0. The highest BCUT2D eigenvalue weighted by Gasteiger charge is 2.25. The first-order chi connectivity index (χ1) is 6.82. The molecule has 15 heavy (non-hydrogen) atoms. The summed E-state index contributed by atoms with van der Waals surface area (Å²) in [6, 6.07) is 7.25. The zero-order valence-electron chi connectivity index (χ0n) is 9.14. The average molecular weight is 228 g/mol. The van der Waals surface area contributed by atoms with Crippen molar-refractivity contribution in [1.82, 2.24) is 0 Å². The van der Waals surface area contributed by atoms with Gasteiger partial charge in [0.05, 0.1) is 11.4 Å². The summed E-state index contributed by atoms with van der Waals surface area (Å²) in [6.07, 6.45) is 0.177. The number of sulfone groups is 1. The summed E-state index contributed by atoms with van der Waals surface area (Å²) in [5.74, 6) is 0. The zero-order chi connectivity index (χ0) is 11.6. The molecule has 3 nitrogen and oxygen atoms in total. The highest BCUT2D eigenvalue weighted by atomic mass is 32.2. The monoisotopic (exact) mass is 228 g/mol. The topological polar surface area (TPSA) is 54.4 Å². The molecule has 0 heterocycles. The number of hydrogen-bond donors (Lipinski definition) is 1. The van der Waals surface area contributed by atoms with Gasteiger partial charge in [0.25, 0.3) is 0 Å². The fraction of sp³-hybridized carbons (Fsp3) is 0.455. The molecule has 0 bridgehead atoms. The maximum atomic E-state index is 11.3. The first kappa shape index (κ1) is 12.2. The van der Waals surface area contributed by atoms with E-state index in [1.54, 1.807) is 12.1 Å². The van der Waals surface area contributed by atoms with Gasteiger partial charge in [-0.3, -0.25) is 0 Å². The smallest absolute Gasteiger partial charge is 0.152 e. The van der Waals surface area contributed by atoms with Gasteiger partial charge in [-0.25, -0.2) is 8.42 Å². The van der Waals surface area contributed by atoms with Crippen LogP contribution in [0.5, 0.6) is 0 Å². The molecule has 1 aromatic rings. The summed E-state index contributed by atoms with van der Waals surface area (Å²) < 4.78 is 22.5. The number of rotatable bonds is 3. The van der Waals surface area contributed by atoms with Crippen molar-refractivity contribution in [1.29, 1.82) is 0 Å². The SMILES string of the molecule is Cc1cccc([C@@H](O)[C@H](C)S(C)(=O)=O)c1. The van der Waals surface area contributed by atoms with E-state index in [0.29, 0.717) is 5.56 Å². The minimum atomic E-state index is -3.21. The summed E-state index contributed by atoms with van der Waals surface area (Å²) >= 11 is 0. The van der Waals surface area contributed by atoms with Gasteiger partial charge in [0, 0.05) is 6.26 Å². The van der Waals surface area contributed by atoms with E-state index in [4.69, 9.17) is 0 Å². The Bertz CT molecular complexity index is 437. The lowest BCUT2D eigenvalue weighted by molar-refractivity contribution is 0.176. The van der Waals surface area contributed by atoms with E-state index in [0.717, 1.165) is 11.8 Å². The van der Waals surface area contributed by atoms with Crippen molar-refractivity contribution in [3.8, 4) is 0 Å². The Morgan fingerprint density at radius 3 is 2.40 bits per heavy atom. The second kappa shape index (κ2) is 4.33. The molecule has 2 atom stereocenters. The molecule has 0 unspecified atom stereocenters. The Labute approximate surface area is 90.7 Å². The fourth-order valence-electron chi connectivity index (χ4n) is 1.36. The highest BCUT2D eigenvalue weighted by molar-refractivity contribution is 7.91. The van der Waals surface area contributed by atoms with Gasteiger partial charge in [-0.1, -0.05) is 29.8 Å². The number of aliphatic hydroxyl groups excluding tert-OH is 1. The van der Waals surface area contributed by atoms with Crippen LogP contribution in [-0.2, 0) is 9.84 Å². The number of aliphatic hydroxyl groups is 1. The quantitative estimate of drug-likeness (QED) is 0.852. The van der Waals surface area contributed by atoms with E-state index in [1.807, 2.05) is 19.1 Å². The van der Waals surface area contributed by atoms with Gasteiger partial charge in [0.15, 0.2) is 9.84 Å². The first-order valence-electron chi connectivity index (χ1n) is 4.76. The van der Waals surface area contributed by atoms with Crippen molar-refractivity contribution >= 4 is 9.84 Å².